The number of nitrogens with zero attached hydrogens (tertiary/aromatic N) is 1. The SMILES string of the molecule is COc1ccc(CN(Cc2ccco2)C(=O)C2CCCCC2C(=O)O)cc1OC. The summed E-state index contributed by atoms with van der Waals surface area (Å²) in [6.45, 7) is 0.603. The first-order valence-electron chi connectivity index (χ1n) is 9.78. The summed E-state index contributed by atoms with van der Waals surface area (Å²) >= 11 is 0. The summed E-state index contributed by atoms with van der Waals surface area (Å²) < 4.78 is 16.1. The molecule has 1 aliphatic carbocycles. The van der Waals surface area contributed by atoms with Crippen LogP contribution in [0.4, 0.5) is 0 Å². The number of hydrogen-bond donors (Lipinski definition) is 1. The summed E-state index contributed by atoms with van der Waals surface area (Å²) in [6, 6.07) is 9.08. The van der Waals surface area contributed by atoms with Crippen molar-refractivity contribution in [2.45, 2.75) is 38.8 Å². The lowest BCUT2D eigenvalue weighted by Gasteiger charge is -2.32. The second-order valence-corrected chi connectivity index (χ2v) is 7.30. The molecule has 0 spiro atoms. The standard InChI is InChI=1S/C22H27NO6/c1-27-19-10-9-15(12-20(19)28-2)13-23(14-16-6-5-11-29-16)21(24)17-7-3-4-8-18(17)22(25)26/h5-6,9-12,17-18H,3-4,7-8,13-14H2,1-2H3,(H,25,26). The molecule has 1 fully saturated rings. The molecule has 2 atom stereocenters. The van der Waals surface area contributed by atoms with Crippen LogP contribution >= 0.6 is 0 Å². The second kappa shape index (κ2) is 9.49. The fraction of sp³-hybridized carbons (Fsp3) is 0.455. The van der Waals surface area contributed by atoms with Crippen LogP contribution in [0.3, 0.4) is 0 Å². The van der Waals surface area contributed by atoms with Gasteiger partial charge in [0.15, 0.2) is 11.5 Å². The first kappa shape index (κ1) is 20.8. The minimum absolute atomic E-state index is 0.150. The highest BCUT2D eigenvalue weighted by atomic mass is 16.5. The number of aliphatic carboxylic acids is 1. The second-order valence-electron chi connectivity index (χ2n) is 7.30. The van der Waals surface area contributed by atoms with Crippen LogP contribution in [0.1, 0.15) is 37.0 Å². The largest absolute Gasteiger partial charge is 0.493 e. The van der Waals surface area contributed by atoms with Gasteiger partial charge in [-0.2, -0.15) is 0 Å². The van der Waals surface area contributed by atoms with E-state index in [1.165, 1.54) is 0 Å². The number of carboxylic acid groups (broad SMARTS) is 1. The van der Waals surface area contributed by atoms with Crippen LogP contribution in [0.5, 0.6) is 11.5 Å². The van der Waals surface area contributed by atoms with E-state index < -0.39 is 17.8 Å². The maximum atomic E-state index is 13.4. The van der Waals surface area contributed by atoms with E-state index in [1.54, 1.807) is 37.5 Å². The van der Waals surface area contributed by atoms with Gasteiger partial charge in [-0.15, -0.1) is 0 Å². The molecule has 1 saturated carbocycles. The first-order valence-corrected chi connectivity index (χ1v) is 9.78. The number of benzene rings is 1. The summed E-state index contributed by atoms with van der Waals surface area (Å²) in [6.07, 6.45) is 4.40. The van der Waals surface area contributed by atoms with Gasteiger partial charge in [-0.05, 0) is 42.7 Å². The summed E-state index contributed by atoms with van der Waals surface area (Å²) in [5, 5.41) is 9.59. The molecule has 7 heteroatoms. The third-order valence-electron chi connectivity index (χ3n) is 5.46. The van der Waals surface area contributed by atoms with Crippen molar-refractivity contribution in [2.75, 3.05) is 14.2 Å². The van der Waals surface area contributed by atoms with Gasteiger partial charge >= 0.3 is 5.97 Å². The molecule has 29 heavy (non-hydrogen) atoms. The van der Waals surface area contributed by atoms with E-state index in [9.17, 15) is 14.7 Å². The van der Waals surface area contributed by atoms with Crippen LogP contribution in [-0.2, 0) is 22.7 Å². The number of methoxy groups -OCH3 is 2. The lowest BCUT2D eigenvalue weighted by Crippen LogP contribution is -2.42. The van der Waals surface area contributed by atoms with Gasteiger partial charge in [0.25, 0.3) is 0 Å². The molecule has 3 rings (SSSR count). The highest BCUT2D eigenvalue weighted by molar-refractivity contribution is 5.85. The van der Waals surface area contributed by atoms with Gasteiger partial charge in [-0.1, -0.05) is 18.9 Å². The van der Waals surface area contributed by atoms with Crippen molar-refractivity contribution in [3.8, 4) is 11.5 Å². The fourth-order valence-electron chi connectivity index (χ4n) is 3.96. The monoisotopic (exact) mass is 401 g/mol. The Morgan fingerprint density at radius 3 is 2.41 bits per heavy atom. The van der Waals surface area contributed by atoms with Gasteiger partial charge in [0, 0.05) is 6.54 Å². The van der Waals surface area contributed by atoms with Gasteiger partial charge in [0.1, 0.15) is 5.76 Å². The van der Waals surface area contributed by atoms with Crippen molar-refractivity contribution >= 4 is 11.9 Å². The van der Waals surface area contributed by atoms with Crippen LogP contribution in [0.25, 0.3) is 0 Å². The topological polar surface area (TPSA) is 89.2 Å². The summed E-state index contributed by atoms with van der Waals surface area (Å²) in [5.41, 5.74) is 0.866. The Labute approximate surface area is 170 Å². The summed E-state index contributed by atoms with van der Waals surface area (Å²) in [7, 11) is 3.13. The quantitative estimate of drug-likeness (QED) is 0.725. The van der Waals surface area contributed by atoms with Crippen molar-refractivity contribution in [3.05, 3.63) is 47.9 Å². The first-order chi connectivity index (χ1) is 14.0. The molecule has 2 unspecified atom stereocenters. The molecule has 0 aliphatic heterocycles. The lowest BCUT2D eigenvalue weighted by molar-refractivity contribution is -0.153. The maximum Gasteiger partial charge on any atom is 0.307 e. The average molecular weight is 401 g/mol. The van der Waals surface area contributed by atoms with Crippen molar-refractivity contribution in [1.82, 2.24) is 4.90 Å². The van der Waals surface area contributed by atoms with E-state index in [-0.39, 0.29) is 12.5 Å². The zero-order valence-electron chi connectivity index (χ0n) is 16.8. The molecule has 1 heterocycles. The predicted molar refractivity (Wildman–Crippen MR) is 106 cm³/mol. The zero-order valence-corrected chi connectivity index (χ0v) is 16.8. The lowest BCUT2D eigenvalue weighted by atomic mass is 9.78. The Balaban J connectivity index is 1.86. The van der Waals surface area contributed by atoms with E-state index >= 15 is 0 Å². The number of furan rings is 1. The third kappa shape index (κ3) is 4.91. The number of carbonyl (C=O) groups is 2. The smallest absolute Gasteiger partial charge is 0.307 e. The Hall–Kier alpha value is -2.96. The zero-order chi connectivity index (χ0) is 20.8. The Kier molecular flexibility index (Phi) is 6.80. The molecular weight excluding hydrogens is 374 g/mol. The Bertz CT molecular complexity index is 832. The average Bonchev–Trinajstić information content (AvgIpc) is 3.25. The summed E-state index contributed by atoms with van der Waals surface area (Å²) in [4.78, 5) is 26.8. The van der Waals surface area contributed by atoms with Crippen LogP contribution in [0.15, 0.2) is 41.0 Å². The molecule has 156 valence electrons. The molecule has 2 aromatic rings. The number of carboxylic acids is 1. The molecule has 0 radical (unpaired) electrons. The molecule has 1 aliphatic rings. The number of ether oxygens (including phenoxy) is 2. The van der Waals surface area contributed by atoms with Crippen LogP contribution in [0, 0.1) is 11.8 Å². The van der Waals surface area contributed by atoms with Crippen LogP contribution in [-0.4, -0.2) is 36.1 Å². The Morgan fingerprint density at radius 2 is 1.79 bits per heavy atom. The van der Waals surface area contributed by atoms with Crippen LogP contribution in [0.2, 0.25) is 0 Å². The predicted octanol–water partition coefficient (Wildman–Crippen LogP) is 3.72. The number of rotatable bonds is 8. The molecule has 1 aromatic carbocycles. The summed E-state index contributed by atoms with van der Waals surface area (Å²) in [5.74, 6) is -0.358. The van der Waals surface area contributed by atoms with Gasteiger partial charge in [-0.3, -0.25) is 9.59 Å². The van der Waals surface area contributed by atoms with Crippen molar-refractivity contribution in [1.29, 1.82) is 0 Å². The number of hydrogen-bond acceptors (Lipinski definition) is 5. The number of amides is 1. The molecule has 1 amide bonds. The third-order valence-corrected chi connectivity index (χ3v) is 5.46. The molecule has 1 N–H and O–H groups in total. The fourth-order valence-corrected chi connectivity index (χ4v) is 3.96. The van der Waals surface area contributed by atoms with Crippen molar-refractivity contribution < 1.29 is 28.6 Å². The molecule has 1 aromatic heterocycles. The highest BCUT2D eigenvalue weighted by Crippen LogP contribution is 2.33. The van der Waals surface area contributed by atoms with E-state index in [4.69, 9.17) is 13.9 Å². The van der Waals surface area contributed by atoms with E-state index in [1.807, 2.05) is 18.2 Å². The van der Waals surface area contributed by atoms with E-state index in [0.717, 1.165) is 18.4 Å². The van der Waals surface area contributed by atoms with Crippen molar-refractivity contribution in [2.24, 2.45) is 11.8 Å². The maximum absolute atomic E-state index is 13.4. The van der Waals surface area contributed by atoms with Gasteiger partial charge in [0.05, 0.1) is 38.9 Å². The van der Waals surface area contributed by atoms with E-state index in [2.05, 4.69) is 0 Å². The molecule has 0 bridgehead atoms. The molecule has 7 nitrogen and oxygen atoms in total. The van der Waals surface area contributed by atoms with Gasteiger partial charge in [-0.25, -0.2) is 0 Å². The minimum atomic E-state index is -0.896. The van der Waals surface area contributed by atoms with Gasteiger partial charge in [0.2, 0.25) is 5.91 Å². The molecular formula is C22H27NO6. The van der Waals surface area contributed by atoms with E-state index in [0.29, 0.717) is 36.6 Å². The Morgan fingerprint density at radius 1 is 1.07 bits per heavy atom. The van der Waals surface area contributed by atoms with Gasteiger partial charge < -0.3 is 23.9 Å². The highest BCUT2D eigenvalue weighted by Gasteiger charge is 2.38. The van der Waals surface area contributed by atoms with Crippen LogP contribution < -0.4 is 9.47 Å². The normalized spacial score (nSPS) is 18.8. The number of carbonyl (C=O) groups excluding carboxylic acids is 1. The van der Waals surface area contributed by atoms with Crippen molar-refractivity contribution in [3.63, 3.8) is 0 Å². The minimum Gasteiger partial charge on any atom is -0.493 e. The molecule has 0 saturated heterocycles.